The molecular weight excluding hydrogens is 386 g/mol. The van der Waals surface area contributed by atoms with Crippen molar-refractivity contribution in [3.63, 3.8) is 0 Å². The van der Waals surface area contributed by atoms with E-state index in [-0.39, 0.29) is 24.5 Å². The van der Waals surface area contributed by atoms with E-state index >= 15 is 0 Å². The first-order chi connectivity index (χ1) is 14.6. The molecule has 1 atom stereocenters. The summed E-state index contributed by atoms with van der Waals surface area (Å²) in [5.41, 5.74) is 8.37. The number of nitrogens with zero attached hydrogens (tertiary/aromatic N) is 5. The molecule has 4 N–H and O–H groups in total. The molecule has 3 heterocycles. The zero-order chi connectivity index (χ0) is 21.3. The number of fused-ring (bicyclic) bond motifs is 1. The fraction of sp³-hybridized carbons (Fsp3) is 0.500. The Labute approximate surface area is 175 Å². The molecule has 3 aromatic heterocycles. The van der Waals surface area contributed by atoms with Gasteiger partial charge < -0.3 is 25.6 Å². The number of anilines is 1. The van der Waals surface area contributed by atoms with Crippen molar-refractivity contribution in [2.45, 2.75) is 38.7 Å². The van der Waals surface area contributed by atoms with Crippen LogP contribution in [0, 0.1) is 0 Å². The van der Waals surface area contributed by atoms with Gasteiger partial charge in [-0.15, -0.1) is 5.10 Å². The van der Waals surface area contributed by atoms with Gasteiger partial charge in [0.25, 0.3) is 0 Å². The number of imidazole rings is 1. The van der Waals surface area contributed by atoms with Gasteiger partial charge in [0.05, 0.1) is 11.9 Å². The molecule has 0 spiro atoms. The van der Waals surface area contributed by atoms with Crippen LogP contribution in [0.1, 0.15) is 37.4 Å². The molecule has 0 saturated carbocycles. The SMILES string of the molecule is CCC[C@H](CCO)Oc1nc(N)c2ncc(Cc3ccc(OCCNC)nc3)n2n1. The van der Waals surface area contributed by atoms with Crippen LogP contribution in [0.4, 0.5) is 5.82 Å². The summed E-state index contributed by atoms with van der Waals surface area (Å²) in [5, 5.41) is 16.7. The second kappa shape index (κ2) is 10.7. The van der Waals surface area contributed by atoms with Crippen LogP contribution in [0.15, 0.2) is 24.5 Å². The summed E-state index contributed by atoms with van der Waals surface area (Å²) < 4.78 is 13.1. The molecule has 0 aliphatic rings. The second-order valence-corrected chi connectivity index (χ2v) is 6.94. The number of likely N-dealkylation sites (N-methyl/N-ethyl adjacent to an activating group) is 1. The Morgan fingerprint density at radius 3 is 2.80 bits per heavy atom. The van der Waals surface area contributed by atoms with Crippen molar-refractivity contribution < 1.29 is 14.6 Å². The summed E-state index contributed by atoms with van der Waals surface area (Å²) in [5.74, 6) is 0.831. The lowest BCUT2D eigenvalue weighted by Gasteiger charge is -2.16. The molecule has 0 saturated heterocycles. The summed E-state index contributed by atoms with van der Waals surface area (Å²) in [4.78, 5) is 12.9. The van der Waals surface area contributed by atoms with E-state index in [1.54, 1.807) is 16.9 Å². The standard InChI is InChI=1S/C20H29N7O3/c1-3-4-16(7-9-28)30-20-25-18(21)19-24-13-15(27(19)26-20)11-14-5-6-17(23-12-14)29-10-8-22-2/h5-6,12-13,16,22,28H,3-4,7-11H2,1-2H3,(H2,21,25,26)/t16-/m1/s1. The molecule has 0 bridgehead atoms. The maximum absolute atomic E-state index is 9.24. The highest BCUT2D eigenvalue weighted by Crippen LogP contribution is 2.19. The Morgan fingerprint density at radius 1 is 1.23 bits per heavy atom. The molecule has 0 aliphatic heterocycles. The van der Waals surface area contributed by atoms with Crippen molar-refractivity contribution in [3.8, 4) is 11.9 Å². The average molecular weight is 415 g/mol. The fourth-order valence-corrected chi connectivity index (χ4v) is 3.04. The van der Waals surface area contributed by atoms with Gasteiger partial charge in [0.15, 0.2) is 11.5 Å². The zero-order valence-electron chi connectivity index (χ0n) is 17.4. The third-order valence-corrected chi connectivity index (χ3v) is 4.56. The maximum atomic E-state index is 9.24. The number of ether oxygens (including phenoxy) is 2. The van der Waals surface area contributed by atoms with Crippen LogP contribution in [0.5, 0.6) is 11.9 Å². The van der Waals surface area contributed by atoms with Crippen LogP contribution in [0.2, 0.25) is 0 Å². The van der Waals surface area contributed by atoms with E-state index in [2.05, 4.69) is 32.3 Å². The van der Waals surface area contributed by atoms with Gasteiger partial charge in [0, 0.05) is 38.3 Å². The fourth-order valence-electron chi connectivity index (χ4n) is 3.04. The lowest BCUT2D eigenvalue weighted by molar-refractivity contribution is 0.133. The summed E-state index contributed by atoms with van der Waals surface area (Å²) in [7, 11) is 1.87. The van der Waals surface area contributed by atoms with E-state index in [9.17, 15) is 5.11 Å². The summed E-state index contributed by atoms with van der Waals surface area (Å²) >= 11 is 0. The highest BCUT2D eigenvalue weighted by atomic mass is 16.5. The van der Waals surface area contributed by atoms with Crippen LogP contribution in [-0.4, -0.2) is 62.6 Å². The number of pyridine rings is 1. The van der Waals surface area contributed by atoms with Crippen molar-refractivity contribution in [2.24, 2.45) is 0 Å². The van der Waals surface area contributed by atoms with E-state index in [0.29, 0.717) is 31.0 Å². The van der Waals surface area contributed by atoms with Gasteiger partial charge >= 0.3 is 6.01 Å². The minimum atomic E-state index is -0.163. The minimum Gasteiger partial charge on any atom is -0.476 e. The molecule has 3 aromatic rings. The van der Waals surface area contributed by atoms with Gasteiger partial charge in [-0.25, -0.2) is 14.5 Å². The molecule has 10 heteroatoms. The normalized spacial score (nSPS) is 12.2. The predicted octanol–water partition coefficient (Wildman–Crippen LogP) is 1.22. The van der Waals surface area contributed by atoms with Crippen molar-refractivity contribution in [1.29, 1.82) is 0 Å². The predicted molar refractivity (Wildman–Crippen MR) is 113 cm³/mol. The number of nitrogen functional groups attached to an aromatic ring is 1. The molecule has 162 valence electrons. The first-order valence-electron chi connectivity index (χ1n) is 10.1. The molecule has 10 nitrogen and oxygen atoms in total. The Kier molecular flexibility index (Phi) is 7.75. The second-order valence-electron chi connectivity index (χ2n) is 6.94. The molecular formula is C20H29N7O3. The average Bonchev–Trinajstić information content (AvgIpc) is 3.13. The summed E-state index contributed by atoms with van der Waals surface area (Å²) in [6.45, 7) is 3.42. The highest BCUT2D eigenvalue weighted by molar-refractivity contribution is 5.59. The first kappa shape index (κ1) is 21.7. The molecule has 0 radical (unpaired) electrons. The minimum absolute atomic E-state index is 0.0420. The number of aliphatic hydroxyl groups is 1. The van der Waals surface area contributed by atoms with E-state index < -0.39 is 0 Å². The van der Waals surface area contributed by atoms with Gasteiger partial charge in [-0.3, -0.25) is 0 Å². The number of aliphatic hydroxyl groups excluding tert-OH is 1. The largest absolute Gasteiger partial charge is 0.476 e. The molecule has 0 aromatic carbocycles. The molecule has 0 aliphatic carbocycles. The van der Waals surface area contributed by atoms with Gasteiger partial charge in [-0.2, -0.15) is 4.98 Å². The van der Waals surface area contributed by atoms with Gasteiger partial charge in [0.2, 0.25) is 5.88 Å². The van der Waals surface area contributed by atoms with E-state index in [0.717, 1.165) is 30.6 Å². The van der Waals surface area contributed by atoms with Gasteiger partial charge in [0.1, 0.15) is 12.7 Å². The lowest BCUT2D eigenvalue weighted by atomic mass is 10.1. The van der Waals surface area contributed by atoms with E-state index in [1.165, 1.54) is 0 Å². The molecule has 30 heavy (non-hydrogen) atoms. The number of rotatable bonds is 12. The highest BCUT2D eigenvalue weighted by Gasteiger charge is 2.16. The summed E-state index contributed by atoms with van der Waals surface area (Å²) in [6, 6.07) is 3.98. The first-order valence-corrected chi connectivity index (χ1v) is 10.1. The van der Waals surface area contributed by atoms with Gasteiger partial charge in [-0.1, -0.05) is 19.4 Å². The van der Waals surface area contributed by atoms with E-state index in [4.69, 9.17) is 15.2 Å². The number of nitrogens with two attached hydrogens (primary N) is 1. The number of nitrogens with one attached hydrogen (secondary N) is 1. The molecule has 0 fully saturated rings. The molecule has 3 rings (SSSR count). The monoisotopic (exact) mass is 415 g/mol. The number of aromatic nitrogens is 5. The van der Waals surface area contributed by atoms with E-state index in [1.807, 2.05) is 19.2 Å². The lowest BCUT2D eigenvalue weighted by Crippen LogP contribution is -2.20. The topological polar surface area (TPSA) is 133 Å². The Hall–Kier alpha value is -2.98. The van der Waals surface area contributed by atoms with Crippen LogP contribution in [-0.2, 0) is 6.42 Å². The Morgan fingerprint density at radius 2 is 2.10 bits per heavy atom. The quantitative estimate of drug-likeness (QED) is 0.373. The number of hydrogen-bond acceptors (Lipinski definition) is 9. The zero-order valence-corrected chi connectivity index (χ0v) is 17.4. The summed E-state index contributed by atoms with van der Waals surface area (Å²) in [6.07, 6.45) is 6.14. The number of hydrogen-bond donors (Lipinski definition) is 3. The smallest absolute Gasteiger partial charge is 0.336 e. The van der Waals surface area contributed by atoms with Crippen molar-refractivity contribution in [2.75, 3.05) is 32.5 Å². The van der Waals surface area contributed by atoms with Gasteiger partial charge in [-0.05, 0) is 19.0 Å². The Bertz CT molecular complexity index is 924. The van der Waals surface area contributed by atoms with Crippen molar-refractivity contribution in [1.82, 2.24) is 29.9 Å². The van der Waals surface area contributed by atoms with Crippen LogP contribution in [0.3, 0.4) is 0 Å². The molecule has 0 amide bonds. The van der Waals surface area contributed by atoms with Crippen LogP contribution < -0.4 is 20.5 Å². The third-order valence-electron chi connectivity index (χ3n) is 4.56. The van der Waals surface area contributed by atoms with Crippen molar-refractivity contribution in [3.05, 3.63) is 35.8 Å². The molecule has 0 unspecified atom stereocenters. The third kappa shape index (κ3) is 5.55. The van der Waals surface area contributed by atoms with Crippen molar-refractivity contribution >= 4 is 11.5 Å². The maximum Gasteiger partial charge on any atom is 0.336 e. The van der Waals surface area contributed by atoms with Crippen LogP contribution >= 0.6 is 0 Å². The van der Waals surface area contributed by atoms with Crippen LogP contribution in [0.25, 0.3) is 5.65 Å². The Balaban J connectivity index is 1.77.